The molecule has 7 heterocycles. The molecule has 0 aliphatic heterocycles. The first-order valence-electron chi connectivity index (χ1n) is 31.5. The standard InChI is InChI=1S/C23H25ClN4O3S.C22H22Cl2N4O3S.C21H21Cl2N5O3S/c1-15-5-3-6-20-22(15)28(17-8-9-17)23(29)27(20)14-21-25-18-13-16(24)7-10-19(18)26(21)11-4-12-32(2,30)31;1-32(30,31)11-3-10-26-18-9-6-14(23)12-17(18)25-20(26)13-27-19-5-2-4-16(24)21(19)28(22(27)29)15-7-8-15;1-32(30,31)8-2-7-26-17-6-3-13(22)9-16(17)25-19(26)12-27-18-11-24-10-15(23)20(18)28(21(27)29)14-4-5-14/h3,5-7,10,13,17H,4,8-9,11-12,14H2,1-2H3;2,4-6,9,12,15H,3,7-8,10-11,13H2,1H3;3,6,9-11,14H,2,4-5,7-8,12H2,1H3. The largest absolute Gasteiger partial charge is 0.329 e. The van der Waals surface area contributed by atoms with Gasteiger partial charge in [-0.1, -0.05) is 76.2 Å². The molecule has 0 radical (unpaired) electrons. The van der Waals surface area contributed by atoms with E-state index < -0.39 is 29.5 Å². The molecule has 3 aliphatic rings. The zero-order valence-corrected chi connectivity index (χ0v) is 59.1. The van der Waals surface area contributed by atoms with Crippen molar-refractivity contribution in [3.8, 4) is 0 Å². The van der Waals surface area contributed by atoms with Crippen molar-refractivity contribution >= 4 is 154 Å². The molecule has 5 aromatic carbocycles. The summed E-state index contributed by atoms with van der Waals surface area (Å²) in [5.74, 6) is 2.28. The van der Waals surface area contributed by atoms with Crippen LogP contribution in [0.2, 0.25) is 25.1 Å². The van der Waals surface area contributed by atoms with E-state index >= 15 is 0 Å². The van der Waals surface area contributed by atoms with Gasteiger partial charge in [-0.25, -0.2) is 54.6 Å². The quantitative estimate of drug-likeness (QED) is 0.0650. The lowest BCUT2D eigenvalue weighted by Gasteiger charge is -2.10. The van der Waals surface area contributed by atoms with Crippen molar-refractivity contribution in [2.24, 2.45) is 0 Å². The molecule has 0 bridgehead atoms. The molecule has 12 aromatic rings. The van der Waals surface area contributed by atoms with Crippen LogP contribution in [0.3, 0.4) is 0 Å². The van der Waals surface area contributed by atoms with E-state index in [2.05, 4.69) is 4.98 Å². The molecule has 0 spiro atoms. The number of hydrogen-bond acceptors (Lipinski definition) is 13. The number of sulfone groups is 3. The Hall–Kier alpha value is -7.23. The summed E-state index contributed by atoms with van der Waals surface area (Å²) in [4.78, 5) is 58.6. The predicted molar refractivity (Wildman–Crippen MR) is 380 cm³/mol. The first kappa shape index (κ1) is 67.3. The number of rotatable bonds is 21. The number of halogens is 5. The molecule has 0 saturated heterocycles. The van der Waals surface area contributed by atoms with Crippen LogP contribution in [-0.4, -0.2) is 122 Å². The second kappa shape index (κ2) is 26.5. The van der Waals surface area contributed by atoms with Gasteiger partial charge in [-0.2, -0.15) is 0 Å². The highest BCUT2D eigenvalue weighted by Gasteiger charge is 2.33. The maximum absolute atomic E-state index is 13.4. The third-order valence-corrected chi connectivity index (χ3v) is 22.0. The number of aromatic nitrogens is 13. The molecule has 3 fully saturated rings. The van der Waals surface area contributed by atoms with E-state index in [0.717, 1.165) is 88.2 Å². The van der Waals surface area contributed by atoms with Gasteiger partial charge in [-0.05, 0) is 143 Å². The SMILES string of the molecule is CS(=O)(=O)CCCn1c(Cn2c(=O)n(C3CC3)c3c(Cl)cccc32)nc2cc(Cl)ccc21.CS(=O)(=O)CCCn1c(Cn2c(=O)n(C3CC3)c3c(Cl)cncc32)nc2cc(Cl)ccc21.Cc1cccc2c1n(C1CC1)c(=O)n2Cc1nc2cc(Cl)ccc2n1CCCS(C)(=O)=O. The highest BCUT2D eigenvalue weighted by molar-refractivity contribution is 7.91. The summed E-state index contributed by atoms with van der Waals surface area (Å²) in [6.45, 7) is 4.22. The van der Waals surface area contributed by atoms with E-state index in [1.54, 1.807) is 77.7 Å². The van der Waals surface area contributed by atoms with Crippen molar-refractivity contribution in [2.75, 3.05) is 36.0 Å². The van der Waals surface area contributed by atoms with E-state index in [1.165, 1.54) is 18.8 Å². The number of aryl methyl sites for hydroxylation is 4. The Balaban J connectivity index is 0.000000130. The van der Waals surface area contributed by atoms with Gasteiger partial charge in [0.15, 0.2) is 0 Å². The molecule has 0 amide bonds. The van der Waals surface area contributed by atoms with Crippen molar-refractivity contribution in [3.63, 3.8) is 0 Å². The third-order valence-electron chi connectivity index (χ3n) is 17.6. The molecule has 30 heteroatoms. The second-order valence-corrected chi connectivity index (χ2v) is 34.2. The summed E-state index contributed by atoms with van der Waals surface area (Å²) in [5.41, 5.74) is 10.3. The van der Waals surface area contributed by atoms with E-state index in [4.69, 9.17) is 73.0 Å². The molecule has 3 saturated carbocycles. The minimum Gasteiger partial charge on any atom is -0.326 e. The molecule has 0 atom stereocenters. The summed E-state index contributed by atoms with van der Waals surface area (Å²) in [6.07, 6.45) is 14.1. The van der Waals surface area contributed by atoms with E-state index in [0.29, 0.717) is 110 Å². The topological polar surface area (TPSA) is 250 Å². The van der Waals surface area contributed by atoms with Crippen LogP contribution in [0.1, 0.15) is 98.9 Å². The van der Waals surface area contributed by atoms with E-state index in [-0.39, 0.29) is 65.5 Å². The number of benzene rings is 5. The summed E-state index contributed by atoms with van der Waals surface area (Å²) in [7, 11) is -9.22. The Morgan fingerprint density at radius 2 is 0.750 bits per heavy atom. The number of fused-ring (bicyclic) bond motifs is 6. The first-order chi connectivity index (χ1) is 45.7. The Bertz CT molecular complexity index is 5090. The lowest BCUT2D eigenvalue weighted by atomic mass is 10.2. The Morgan fingerprint density at radius 1 is 0.406 bits per heavy atom. The maximum Gasteiger partial charge on any atom is 0.329 e. The van der Waals surface area contributed by atoms with Crippen molar-refractivity contribution < 1.29 is 25.3 Å². The number of pyridine rings is 1. The summed E-state index contributed by atoms with van der Waals surface area (Å²) < 4.78 is 86.4. The molecule has 3 aliphatic carbocycles. The van der Waals surface area contributed by atoms with Crippen molar-refractivity contribution in [1.82, 2.24) is 61.0 Å². The Labute approximate surface area is 576 Å². The number of hydrogen-bond donors (Lipinski definition) is 0. The van der Waals surface area contributed by atoms with Gasteiger partial charge >= 0.3 is 17.1 Å². The fourth-order valence-electron chi connectivity index (χ4n) is 12.9. The van der Waals surface area contributed by atoms with Gasteiger partial charge in [0.1, 0.15) is 47.0 Å². The van der Waals surface area contributed by atoms with Gasteiger partial charge in [0.25, 0.3) is 0 Å². The van der Waals surface area contributed by atoms with Crippen LogP contribution in [0, 0.1) is 6.92 Å². The zero-order valence-electron chi connectivity index (χ0n) is 52.9. The van der Waals surface area contributed by atoms with Crippen molar-refractivity contribution in [1.29, 1.82) is 0 Å². The van der Waals surface area contributed by atoms with Crippen LogP contribution in [0.25, 0.3) is 66.2 Å². The zero-order chi connectivity index (χ0) is 67.9. The van der Waals surface area contributed by atoms with Crippen LogP contribution in [0.5, 0.6) is 0 Å². The highest BCUT2D eigenvalue weighted by atomic mass is 35.5. The smallest absolute Gasteiger partial charge is 0.326 e. The van der Waals surface area contributed by atoms with Gasteiger partial charge in [0, 0.05) is 77.8 Å². The molecular formula is C66H68Cl5N13O9S3. The number of para-hydroxylation sites is 2. The molecule has 0 N–H and O–H groups in total. The Morgan fingerprint density at radius 3 is 1.12 bits per heavy atom. The van der Waals surface area contributed by atoms with E-state index in [1.807, 2.05) is 73.7 Å². The molecular weight excluding hydrogens is 1390 g/mol. The third kappa shape index (κ3) is 14.2. The van der Waals surface area contributed by atoms with Crippen LogP contribution in [0.4, 0.5) is 0 Å². The molecule has 15 rings (SSSR count). The Kier molecular flexibility index (Phi) is 18.6. The summed E-state index contributed by atoms with van der Waals surface area (Å²) >= 11 is 31.4. The average molecular weight is 1460 g/mol. The molecule has 22 nitrogen and oxygen atoms in total. The molecule has 0 unspecified atom stereocenters. The van der Waals surface area contributed by atoms with Gasteiger partial charge < -0.3 is 13.7 Å². The number of imidazole rings is 6. The number of nitrogens with zero attached hydrogens (tertiary/aromatic N) is 13. The molecule has 7 aromatic heterocycles. The lowest BCUT2D eigenvalue weighted by molar-refractivity contribution is 0.582. The first-order valence-corrected chi connectivity index (χ1v) is 39.6. The molecule has 96 heavy (non-hydrogen) atoms. The van der Waals surface area contributed by atoms with Gasteiger partial charge in [-0.15, -0.1) is 0 Å². The maximum atomic E-state index is 13.4. The van der Waals surface area contributed by atoms with Gasteiger partial charge in [0.05, 0.1) is 119 Å². The second-order valence-electron chi connectivity index (χ2n) is 25.3. The van der Waals surface area contributed by atoms with Gasteiger partial charge in [-0.3, -0.25) is 32.4 Å². The average Bonchev–Trinajstić information content (AvgIpc) is 1.60. The normalized spacial score (nSPS) is 14.6. The predicted octanol–water partition coefficient (Wildman–Crippen LogP) is 11.9. The van der Waals surface area contributed by atoms with Crippen molar-refractivity contribution in [2.45, 2.75) is 122 Å². The summed E-state index contributed by atoms with van der Waals surface area (Å²) in [6, 6.07) is 28.5. The van der Waals surface area contributed by atoms with Crippen LogP contribution in [-0.2, 0) is 68.8 Å². The van der Waals surface area contributed by atoms with Crippen LogP contribution < -0.4 is 17.1 Å². The fourth-order valence-corrected chi connectivity index (χ4v) is 15.9. The van der Waals surface area contributed by atoms with Crippen molar-refractivity contribution in [3.05, 3.63) is 183 Å². The lowest BCUT2D eigenvalue weighted by Crippen LogP contribution is -2.25. The van der Waals surface area contributed by atoms with Crippen LogP contribution >= 0.6 is 58.0 Å². The minimum absolute atomic E-state index is 0.0235. The van der Waals surface area contributed by atoms with Gasteiger partial charge in [0.2, 0.25) is 0 Å². The highest BCUT2D eigenvalue weighted by Crippen LogP contribution is 2.41. The minimum atomic E-state index is -3.08. The van der Waals surface area contributed by atoms with E-state index in [9.17, 15) is 39.6 Å². The monoisotopic (exact) mass is 1460 g/mol. The fraction of sp³-hybridized carbons (Fsp3) is 0.379. The molecule has 504 valence electrons. The van der Waals surface area contributed by atoms with Crippen LogP contribution in [0.15, 0.2) is 118 Å². The summed E-state index contributed by atoms with van der Waals surface area (Å²) in [5, 5.41) is 2.71.